The molecule has 2 aromatic heterocycles. The van der Waals surface area contributed by atoms with Gasteiger partial charge in [-0.15, -0.1) is 10.2 Å². The van der Waals surface area contributed by atoms with E-state index < -0.39 is 5.82 Å². The smallest absolute Gasteiger partial charge is 0.321 e. The minimum absolute atomic E-state index is 0.00202. The van der Waals surface area contributed by atoms with Crippen LogP contribution in [0.25, 0.3) is 0 Å². The topological polar surface area (TPSA) is 70.7 Å². The molecule has 28 heavy (non-hydrogen) atoms. The molecule has 0 aliphatic carbocycles. The second-order valence-electron chi connectivity index (χ2n) is 6.07. The summed E-state index contributed by atoms with van der Waals surface area (Å²) in [5.74, 6) is -0.0845. The molecule has 0 saturated carbocycles. The van der Waals surface area contributed by atoms with Crippen LogP contribution in [0.4, 0.5) is 4.39 Å². The van der Waals surface area contributed by atoms with Crippen molar-refractivity contribution < 1.29 is 9.13 Å². The number of halogens is 5. The molecule has 0 fully saturated rings. The molecule has 0 spiro atoms. The van der Waals surface area contributed by atoms with Crippen LogP contribution in [0.5, 0.6) is 11.8 Å². The lowest BCUT2D eigenvalue weighted by molar-refractivity contribution is 0.376. The first-order chi connectivity index (χ1) is 13.1. The summed E-state index contributed by atoms with van der Waals surface area (Å²) in [6, 6.07) is 4.86. The Balaban J connectivity index is 0.000000237. The molecule has 0 saturated heterocycles. The van der Waals surface area contributed by atoms with Gasteiger partial charge in [0.15, 0.2) is 4.73 Å². The van der Waals surface area contributed by atoms with E-state index in [0.29, 0.717) is 27.3 Å². The Morgan fingerprint density at radius 3 is 2.00 bits per heavy atom. The number of hydrogen-bond acceptors (Lipinski definition) is 5. The van der Waals surface area contributed by atoms with Crippen LogP contribution in [0.15, 0.2) is 32.4 Å². The molecule has 0 N–H and O–H groups in total. The fraction of sp³-hybridized carbons (Fsp3) is 0.375. The van der Waals surface area contributed by atoms with Crippen molar-refractivity contribution in [1.29, 1.82) is 0 Å². The third-order valence-electron chi connectivity index (χ3n) is 3.22. The number of benzene rings is 1. The molecule has 12 heteroatoms. The van der Waals surface area contributed by atoms with Crippen molar-refractivity contribution in [2.45, 2.75) is 39.8 Å². The first-order valence-electron chi connectivity index (χ1n) is 8.11. The zero-order chi connectivity index (χ0) is 21.0. The highest BCUT2D eigenvalue weighted by Gasteiger charge is 2.14. The van der Waals surface area contributed by atoms with Gasteiger partial charge in [-0.05, 0) is 87.6 Å². The summed E-state index contributed by atoms with van der Waals surface area (Å²) in [7, 11) is 0. The van der Waals surface area contributed by atoms with E-state index in [1.54, 1.807) is 9.36 Å². The fourth-order valence-corrected chi connectivity index (χ4v) is 3.67. The monoisotopic (exact) mass is 600 g/mol. The summed E-state index contributed by atoms with van der Waals surface area (Å²) in [5, 5.41) is 8.22. The lowest BCUT2D eigenvalue weighted by Gasteiger charge is -2.09. The molecular weight excluding hydrogens is 586 g/mol. The maximum absolute atomic E-state index is 13.0. The summed E-state index contributed by atoms with van der Waals surface area (Å²) in [5.41, 5.74) is 0. The Morgan fingerprint density at radius 1 is 0.964 bits per heavy atom. The maximum Gasteiger partial charge on any atom is 0.321 e. The average molecular weight is 604 g/mol. The van der Waals surface area contributed by atoms with Crippen LogP contribution < -0.4 is 4.74 Å². The summed E-state index contributed by atoms with van der Waals surface area (Å²) in [6.07, 6.45) is 0. The van der Waals surface area contributed by atoms with Gasteiger partial charge in [-0.25, -0.2) is 13.8 Å². The highest BCUT2D eigenvalue weighted by molar-refractivity contribution is 9.11. The Kier molecular flexibility index (Phi) is 8.41. The molecule has 0 amide bonds. The number of nitrogens with zero attached hydrogens (tertiary/aromatic N) is 6. The van der Waals surface area contributed by atoms with Crippen molar-refractivity contribution in [2.75, 3.05) is 0 Å². The number of rotatable bonds is 4. The zero-order valence-corrected chi connectivity index (χ0v) is 20.9. The minimum atomic E-state index is -0.490. The van der Waals surface area contributed by atoms with Crippen molar-refractivity contribution >= 4 is 59.4 Å². The van der Waals surface area contributed by atoms with Crippen LogP contribution in [0.1, 0.15) is 39.8 Å². The molecule has 3 aromatic rings. The van der Waals surface area contributed by atoms with E-state index in [2.05, 4.69) is 68.0 Å². The van der Waals surface area contributed by atoms with Crippen molar-refractivity contribution in [3.05, 3.63) is 43.2 Å². The number of hydrogen-bond donors (Lipinski definition) is 0. The van der Waals surface area contributed by atoms with Gasteiger partial charge in [0.1, 0.15) is 11.6 Å². The molecule has 152 valence electrons. The largest absolute Gasteiger partial charge is 0.424 e. The zero-order valence-electron chi connectivity index (χ0n) is 15.4. The van der Waals surface area contributed by atoms with E-state index in [1.165, 1.54) is 18.2 Å². The SMILES string of the molecule is CC(C)n1nc(Br)nc1Br.CC(C)n1nc(Br)nc1Oc1ccc(F)c(Cl)c1. The first kappa shape index (κ1) is 23.2. The average Bonchev–Trinajstić information content (AvgIpc) is 3.13. The lowest BCUT2D eigenvalue weighted by atomic mass is 10.3. The first-order valence-corrected chi connectivity index (χ1v) is 10.9. The van der Waals surface area contributed by atoms with Crippen LogP contribution in [-0.2, 0) is 0 Å². The lowest BCUT2D eigenvalue weighted by Crippen LogP contribution is -2.05. The van der Waals surface area contributed by atoms with Crippen LogP contribution in [0.3, 0.4) is 0 Å². The van der Waals surface area contributed by atoms with Gasteiger partial charge in [-0.1, -0.05) is 11.6 Å². The molecule has 7 nitrogen and oxygen atoms in total. The van der Waals surface area contributed by atoms with Gasteiger partial charge in [0.05, 0.1) is 11.1 Å². The van der Waals surface area contributed by atoms with E-state index >= 15 is 0 Å². The molecule has 1 aromatic carbocycles. The van der Waals surface area contributed by atoms with E-state index in [-0.39, 0.29) is 11.1 Å². The molecule has 0 aliphatic rings. The van der Waals surface area contributed by atoms with Crippen LogP contribution >= 0.6 is 59.4 Å². The van der Waals surface area contributed by atoms with Gasteiger partial charge in [0, 0.05) is 12.1 Å². The van der Waals surface area contributed by atoms with E-state index in [9.17, 15) is 4.39 Å². The quantitative estimate of drug-likeness (QED) is 0.337. The standard InChI is InChI=1S/C11H10BrClFN3O.C5H7Br2N3/c1-6(2)17-11(15-10(12)16-17)18-7-3-4-9(14)8(13)5-7;1-3(2)10-5(7)8-4(6)9-10/h3-6H,1-2H3;3H,1-2H3. The van der Waals surface area contributed by atoms with E-state index in [4.69, 9.17) is 16.3 Å². The van der Waals surface area contributed by atoms with Gasteiger partial charge in [-0.2, -0.15) is 9.97 Å². The Bertz CT molecular complexity index is 947. The van der Waals surface area contributed by atoms with E-state index in [0.717, 1.165) is 4.73 Å². The van der Waals surface area contributed by atoms with Gasteiger partial charge in [-0.3, -0.25) is 0 Å². The van der Waals surface area contributed by atoms with Crippen LogP contribution in [0, 0.1) is 5.82 Å². The molecule has 0 unspecified atom stereocenters. The predicted octanol–water partition coefficient (Wildman–Crippen LogP) is 6.59. The summed E-state index contributed by atoms with van der Waals surface area (Å²) in [4.78, 5) is 8.11. The van der Waals surface area contributed by atoms with Gasteiger partial charge in [0.25, 0.3) is 0 Å². The normalized spacial score (nSPS) is 11.0. The van der Waals surface area contributed by atoms with Crippen molar-refractivity contribution in [3.8, 4) is 11.8 Å². The van der Waals surface area contributed by atoms with Gasteiger partial charge >= 0.3 is 6.01 Å². The molecule has 0 aliphatic heterocycles. The minimum Gasteiger partial charge on any atom is -0.424 e. The highest BCUT2D eigenvalue weighted by Crippen LogP contribution is 2.27. The second-order valence-corrected chi connectivity index (χ2v) is 8.60. The van der Waals surface area contributed by atoms with Crippen molar-refractivity contribution in [1.82, 2.24) is 29.5 Å². The molecule has 0 atom stereocenters. The summed E-state index contributed by atoms with van der Waals surface area (Å²) >= 11 is 15.3. The summed E-state index contributed by atoms with van der Waals surface area (Å²) in [6.45, 7) is 8.00. The third-order valence-corrected chi connectivity index (χ3v) is 4.72. The molecule has 3 rings (SSSR count). The Hall–Kier alpha value is -1.04. The highest BCUT2D eigenvalue weighted by atomic mass is 79.9. The number of aromatic nitrogens is 6. The molecule has 2 heterocycles. The maximum atomic E-state index is 13.0. The summed E-state index contributed by atoms with van der Waals surface area (Å²) < 4.78 is 23.8. The Morgan fingerprint density at radius 2 is 1.54 bits per heavy atom. The van der Waals surface area contributed by atoms with Crippen molar-refractivity contribution in [2.24, 2.45) is 0 Å². The molecule has 0 radical (unpaired) electrons. The van der Waals surface area contributed by atoms with Gasteiger partial charge < -0.3 is 4.74 Å². The van der Waals surface area contributed by atoms with E-state index in [1.807, 2.05) is 27.7 Å². The van der Waals surface area contributed by atoms with Crippen molar-refractivity contribution in [3.63, 3.8) is 0 Å². The van der Waals surface area contributed by atoms with Gasteiger partial charge in [0.2, 0.25) is 9.47 Å². The fourth-order valence-electron chi connectivity index (χ4n) is 1.94. The Labute approximate surface area is 192 Å². The molecular formula is C16H17Br3ClFN6O. The number of ether oxygens (including phenoxy) is 1. The predicted molar refractivity (Wildman–Crippen MR) is 115 cm³/mol. The molecule has 0 bridgehead atoms. The van der Waals surface area contributed by atoms with Crippen LogP contribution in [-0.4, -0.2) is 29.5 Å². The van der Waals surface area contributed by atoms with Crippen LogP contribution in [0.2, 0.25) is 5.02 Å². The third kappa shape index (κ3) is 6.23. The second kappa shape index (κ2) is 10.1.